The van der Waals surface area contributed by atoms with Crippen molar-refractivity contribution in [1.29, 1.82) is 0 Å². The molecule has 4 N–H and O–H groups in total. The van der Waals surface area contributed by atoms with E-state index in [9.17, 15) is 20.1 Å². The van der Waals surface area contributed by atoms with Gasteiger partial charge in [-0.15, -0.1) is 0 Å². The summed E-state index contributed by atoms with van der Waals surface area (Å²) >= 11 is 0. The van der Waals surface area contributed by atoms with Gasteiger partial charge >= 0.3 is 0 Å². The lowest BCUT2D eigenvalue weighted by Crippen LogP contribution is -2.48. The monoisotopic (exact) mass is 774 g/mol. The predicted octanol–water partition coefficient (Wildman–Crippen LogP) is 14.3. The molecule has 0 saturated heterocycles. The minimum Gasteiger partial charge on any atom is -0.394 e. The van der Waals surface area contributed by atoms with Gasteiger partial charge in [-0.1, -0.05) is 230 Å². The summed E-state index contributed by atoms with van der Waals surface area (Å²) in [6.45, 7) is 4.18. The molecule has 3 atom stereocenters. The van der Waals surface area contributed by atoms with Crippen LogP contribution in [0.25, 0.3) is 0 Å². The molecule has 0 heterocycles. The Labute approximate surface area is 343 Å². The van der Waals surface area contributed by atoms with Crippen molar-refractivity contribution < 1.29 is 20.1 Å². The average Bonchev–Trinajstić information content (AvgIpc) is 3.19. The van der Waals surface area contributed by atoms with E-state index in [-0.39, 0.29) is 6.61 Å². The fraction of sp³-hybridized carbons (Fsp3) is 0.860. The van der Waals surface area contributed by atoms with Crippen LogP contribution in [-0.4, -0.2) is 46.1 Å². The van der Waals surface area contributed by atoms with Crippen LogP contribution in [0.4, 0.5) is 0 Å². The van der Waals surface area contributed by atoms with E-state index in [4.69, 9.17) is 0 Å². The number of aliphatic hydroxyl groups excluding tert-OH is 3. The van der Waals surface area contributed by atoms with Crippen LogP contribution in [0.1, 0.15) is 251 Å². The summed E-state index contributed by atoms with van der Waals surface area (Å²) in [5.74, 6) is -0.516. The Morgan fingerprint density at radius 3 is 1.11 bits per heavy atom. The molecule has 324 valence electrons. The van der Waals surface area contributed by atoms with Crippen LogP contribution in [-0.2, 0) is 4.79 Å². The van der Waals surface area contributed by atoms with E-state index in [2.05, 4.69) is 43.5 Å². The number of nitrogens with one attached hydrogen (secondary N) is 1. The lowest BCUT2D eigenvalue weighted by atomic mass is 10.0. The first-order valence-electron chi connectivity index (χ1n) is 24.3. The van der Waals surface area contributed by atoms with Crippen LogP contribution in [0.5, 0.6) is 0 Å². The average molecular weight is 774 g/mol. The van der Waals surface area contributed by atoms with Crippen molar-refractivity contribution in [3.63, 3.8) is 0 Å². The molecular formula is C50H95NO4. The van der Waals surface area contributed by atoms with Gasteiger partial charge in [-0.3, -0.25) is 4.79 Å². The van der Waals surface area contributed by atoms with Crippen LogP contribution in [0.15, 0.2) is 36.5 Å². The molecule has 0 aromatic rings. The van der Waals surface area contributed by atoms with Crippen molar-refractivity contribution >= 4 is 5.91 Å². The molecule has 0 aromatic heterocycles. The minimum absolute atomic E-state index is 0.377. The first kappa shape index (κ1) is 53.6. The Morgan fingerprint density at radius 1 is 0.436 bits per heavy atom. The summed E-state index contributed by atoms with van der Waals surface area (Å²) in [7, 11) is 0. The van der Waals surface area contributed by atoms with Crippen LogP contribution in [0.2, 0.25) is 0 Å². The Hall–Kier alpha value is -1.43. The molecule has 0 bridgehead atoms. The number of carbonyl (C=O) groups is 1. The highest BCUT2D eigenvalue weighted by atomic mass is 16.3. The molecule has 0 aliphatic carbocycles. The van der Waals surface area contributed by atoms with Gasteiger partial charge in [-0.2, -0.15) is 0 Å². The molecule has 5 heteroatoms. The molecule has 0 aromatic carbocycles. The van der Waals surface area contributed by atoms with Crippen LogP contribution >= 0.6 is 0 Å². The number of amides is 1. The van der Waals surface area contributed by atoms with E-state index in [0.717, 1.165) is 38.5 Å². The topological polar surface area (TPSA) is 89.8 Å². The lowest BCUT2D eigenvalue weighted by Gasteiger charge is -2.21. The normalized spacial score (nSPS) is 13.8. The molecule has 0 aliphatic heterocycles. The lowest BCUT2D eigenvalue weighted by molar-refractivity contribution is -0.131. The number of carbonyl (C=O) groups excluding carboxylic acids is 1. The third kappa shape index (κ3) is 40.6. The molecule has 0 spiro atoms. The number of allylic oxidation sites excluding steroid dienone is 5. The predicted molar refractivity (Wildman–Crippen MR) is 241 cm³/mol. The zero-order valence-electron chi connectivity index (χ0n) is 36.8. The Bertz CT molecular complexity index is 855. The van der Waals surface area contributed by atoms with Crippen molar-refractivity contribution in [2.24, 2.45) is 0 Å². The standard InChI is InChI=1S/C50H95NO4/c1-3-5-7-9-11-13-15-17-19-21-23-24-25-26-27-29-30-32-34-36-38-40-42-44-48(53)47(46-52)51-50(55)49(54)45-43-41-39-37-35-33-31-28-22-20-18-16-14-12-10-8-6-4-2/h22,28,34,36,42,44,47-49,52-54H,3-21,23-27,29-33,35,37-41,43,45-46H2,1-2H3,(H,51,55)/b28-22-,36-34+,44-42+. The molecule has 1 amide bonds. The fourth-order valence-electron chi connectivity index (χ4n) is 7.37. The minimum atomic E-state index is -1.11. The fourth-order valence-corrected chi connectivity index (χ4v) is 7.37. The molecule has 0 rings (SSSR count). The number of unbranched alkanes of at least 4 members (excludes halogenated alkanes) is 32. The van der Waals surface area contributed by atoms with Gasteiger partial charge in [0, 0.05) is 0 Å². The van der Waals surface area contributed by atoms with Crippen molar-refractivity contribution in [1.82, 2.24) is 5.32 Å². The van der Waals surface area contributed by atoms with Crippen molar-refractivity contribution in [2.45, 2.75) is 270 Å². The summed E-state index contributed by atoms with van der Waals surface area (Å²) in [6.07, 6.45) is 57.6. The molecular weight excluding hydrogens is 679 g/mol. The second-order valence-electron chi connectivity index (χ2n) is 16.7. The van der Waals surface area contributed by atoms with E-state index >= 15 is 0 Å². The SMILES string of the molecule is CCCCCCCCCC/C=C\CCCCCCCCC(O)C(=O)NC(CO)C(O)/C=C/CC/C=C/CCCCCCCCCCCCCCCCCCC. The second-order valence-corrected chi connectivity index (χ2v) is 16.7. The molecule has 55 heavy (non-hydrogen) atoms. The Morgan fingerprint density at radius 2 is 0.745 bits per heavy atom. The van der Waals surface area contributed by atoms with Gasteiger partial charge in [-0.05, 0) is 57.8 Å². The largest absolute Gasteiger partial charge is 0.394 e. The third-order valence-corrected chi connectivity index (χ3v) is 11.2. The second kappa shape index (κ2) is 45.3. The maximum Gasteiger partial charge on any atom is 0.249 e. The van der Waals surface area contributed by atoms with Gasteiger partial charge in [0.1, 0.15) is 6.10 Å². The molecule has 3 unspecified atom stereocenters. The van der Waals surface area contributed by atoms with E-state index in [1.165, 1.54) is 193 Å². The first-order chi connectivity index (χ1) is 27.1. The van der Waals surface area contributed by atoms with Crippen molar-refractivity contribution in [3.8, 4) is 0 Å². The number of aliphatic hydroxyl groups is 3. The zero-order valence-corrected chi connectivity index (χ0v) is 36.8. The van der Waals surface area contributed by atoms with E-state index in [1.807, 2.05) is 6.08 Å². The highest BCUT2D eigenvalue weighted by Gasteiger charge is 2.22. The van der Waals surface area contributed by atoms with Gasteiger partial charge < -0.3 is 20.6 Å². The van der Waals surface area contributed by atoms with Gasteiger partial charge in [0.25, 0.3) is 0 Å². The Kier molecular flexibility index (Phi) is 44.1. The summed E-state index contributed by atoms with van der Waals surface area (Å²) < 4.78 is 0. The molecule has 0 fully saturated rings. The van der Waals surface area contributed by atoms with E-state index in [0.29, 0.717) is 6.42 Å². The maximum atomic E-state index is 12.5. The maximum absolute atomic E-state index is 12.5. The Balaban J connectivity index is 3.68. The molecule has 0 saturated carbocycles. The molecule has 0 aliphatic rings. The van der Waals surface area contributed by atoms with Crippen LogP contribution in [0, 0.1) is 0 Å². The number of hydrogen-bond acceptors (Lipinski definition) is 4. The first-order valence-corrected chi connectivity index (χ1v) is 24.3. The molecule has 0 radical (unpaired) electrons. The van der Waals surface area contributed by atoms with Gasteiger partial charge in [-0.25, -0.2) is 0 Å². The van der Waals surface area contributed by atoms with E-state index in [1.54, 1.807) is 6.08 Å². The highest BCUT2D eigenvalue weighted by Crippen LogP contribution is 2.16. The number of hydrogen-bond donors (Lipinski definition) is 4. The van der Waals surface area contributed by atoms with E-state index < -0.39 is 24.2 Å². The van der Waals surface area contributed by atoms with Crippen LogP contribution < -0.4 is 5.32 Å². The summed E-state index contributed by atoms with van der Waals surface area (Å²) in [5, 5.41) is 33.2. The third-order valence-electron chi connectivity index (χ3n) is 11.2. The van der Waals surface area contributed by atoms with Gasteiger partial charge in [0.15, 0.2) is 0 Å². The summed E-state index contributed by atoms with van der Waals surface area (Å²) in [5.41, 5.74) is 0. The summed E-state index contributed by atoms with van der Waals surface area (Å²) in [6, 6.07) is -0.817. The summed E-state index contributed by atoms with van der Waals surface area (Å²) in [4.78, 5) is 12.5. The van der Waals surface area contributed by atoms with Gasteiger partial charge in [0.05, 0.1) is 18.8 Å². The smallest absolute Gasteiger partial charge is 0.249 e. The van der Waals surface area contributed by atoms with Crippen LogP contribution in [0.3, 0.4) is 0 Å². The zero-order chi connectivity index (χ0) is 40.1. The highest BCUT2D eigenvalue weighted by molar-refractivity contribution is 5.80. The van der Waals surface area contributed by atoms with Crippen molar-refractivity contribution in [3.05, 3.63) is 36.5 Å². The van der Waals surface area contributed by atoms with Crippen molar-refractivity contribution in [2.75, 3.05) is 6.61 Å². The number of rotatable bonds is 44. The van der Waals surface area contributed by atoms with Gasteiger partial charge in [0.2, 0.25) is 5.91 Å². The molecule has 5 nitrogen and oxygen atoms in total. The quantitative estimate of drug-likeness (QED) is 0.0367.